The number of piperazine rings is 1. The molecule has 21 heavy (non-hydrogen) atoms. The lowest BCUT2D eigenvalue weighted by Gasteiger charge is -2.47. The maximum atomic E-state index is 3.74. The van der Waals surface area contributed by atoms with Crippen molar-refractivity contribution in [3.05, 3.63) is 35.9 Å². The molecule has 1 aliphatic heterocycles. The molecule has 1 aromatic carbocycles. The fraction of sp³-hybridized carbons (Fsp3) is 0.667. The summed E-state index contributed by atoms with van der Waals surface area (Å²) in [5, 5.41) is 4.60. The van der Waals surface area contributed by atoms with E-state index in [2.05, 4.69) is 72.4 Å². The Labute approximate surface area is 133 Å². The summed E-state index contributed by atoms with van der Waals surface area (Å²) in [5.41, 5.74) is 1.69. The van der Waals surface area contributed by atoms with E-state index < -0.39 is 0 Å². The molecule has 0 aromatic heterocycles. The fourth-order valence-corrected chi connectivity index (χ4v) is 4.70. The van der Waals surface area contributed by atoms with Crippen LogP contribution in [0.5, 0.6) is 0 Å². The molecule has 0 spiro atoms. The van der Waals surface area contributed by atoms with Gasteiger partial charge in [0.15, 0.2) is 0 Å². The van der Waals surface area contributed by atoms with E-state index in [9.17, 15) is 0 Å². The van der Waals surface area contributed by atoms with Crippen LogP contribution in [0.2, 0.25) is 0 Å². The molecule has 1 heterocycles. The number of hydrogen-bond acceptors (Lipinski definition) is 3. The molecule has 1 aromatic rings. The largest absolute Gasteiger partial charge is 0.309 e. The summed E-state index contributed by atoms with van der Waals surface area (Å²) in [7, 11) is 0. The molecule has 3 unspecified atom stereocenters. The van der Waals surface area contributed by atoms with Crippen LogP contribution in [-0.4, -0.2) is 41.1 Å². The van der Waals surface area contributed by atoms with Gasteiger partial charge in [0, 0.05) is 36.0 Å². The van der Waals surface area contributed by atoms with Crippen LogP contribution in [0.3, 0.4) is 0 Å². The Bertz CT molecular complexity index is 460. The standard InChI is InChI=1S/C18H28N2S/c1-18(2)13-20(15-9-10-16(11-15)21-3)17(12-19-18)14-7-5-4-6-8-14/h4-8,15-17,19H,9-13H2,1-3H3. The van der Waals surface area contributed by atoms with Gasteiger partial charge in [0.1, 0.15) is 0 Å². The average molecular weight is 305 g/mol. The minimum Gasteiger partial charge on any atom is -0.309 e. The summed E-state index contributed by atoms with van der Waals surface area (Å²) in [6.07, 6.45) is 6.38. The summed E-state index contributed by atoms with van der Waals surface area (Å²) in [6.45, 7) is 6.89. The van der Waals surface area contributed by atoms with Crippen molar-refractivity contribution in [2.24, 2.45) is 0 Å². The zero-order valence-corrected chi connectivity index (χ0v) is 14.3. The van der Waals surface area contributed by atoms with Gasteiger partial charge in [-0.2, -0.15) is 11.8 Å². The number of rotatable bonds is 3. The van der Waals surface area contributed by atoms with Crippen molar-refractivity contribution in [3.63, 3.8) is 0 Å². The predicted octanol–water partition coefficient (Wildman–Crippen LogP) is 3.70. The molecule has 1 saturated heterocycles. The first-order chi connectivity index (χ1) is 10.1. The van der Waals surface area contributed by atoms with Crippen LogP contribution < -0.4 is 5.32 Å². The van der Waals surface area contributed by atoms with Crippen molar-refractivity contribution >= 4 is 11.8 Å². The number of nitrogens with one attached hydrogen (secondary N) is 1. The lowest BCUT2D eigenvalue weighted by atomic mass is 9.93. The molecule has 3 rings (SSSR count). The highest BCUT2D eigenvalue weighted by Gasteiger charge is 2.39. The van der Waals surface area contributed by atoms with E-state index in [0.29, 0.717) is 6.04 Å². The highest BCUT2D eigenvalue weighted by Crippen LogP contribution is 2.37. The predicted molar refractivity (Wildman–Crippen MR) is 92.9 cm³/mol. The van der Waals surface area contributed by atoms with Gasteiger partial charge in [-0.25, -0.2) is 0 Å². The molecule has 0 radical (unpaired) electrons. The lowest BCUT2D eigenvalue weighted by molar-refractivity contribution is 0.0555. The summed E-state index contributed by atoms with van der Waals surface area (Å²) >= 11 is 2.05. The molecule has 3 heteroatoms. The highest BCUT2D eigenvalue weighted by atomic mass is 32.2. The van der Waals surface area contributed by atoms with Gasteiger partial charge in [0.2, 0.25) is 0 Å². The first kappa shape index (κ1) is 15.4. The van der Waals surface area contributed by atoms with Gasteiger partial charge in [-0.15, -0.1) is 0 Å². The van der Waals surface area contributed by atoms with Crippen LogP contribution in [0, 0.1) is 0 Å². The van der Waals surface area contributed by atoms with Gasteiger partial charge < -0.3 is 5.32 Å². The normalized spacial score (nSPS) is 33.2. The summed E-state index contributed by atoms with van der Waals surface area (Å²) in [4.78, 5) is 2.79. The Morgan fingerprint density at radius 3 is 2.62 bits per heavy atom. The summed E-state index contributed by atoms with van der Waals surface area (Å²) in [6, 6.07) is 12.3. The Kier molecular flexibility index (Phi) is 4.63. The van der Waals surface area contributed by atoms with Crippen LogP contribution in [0.4, 0.5) is 0 Å². The summed E-state index contributed by atoms with van der Waals surface area (Å²) in [5.74, 6) is 0. The zero-order valence-electron chi connectivity index (χ0n) is 13.5. The van der Waals surface area contributed by atoms with Crippen molar-refractivity contribution in [2.45, 2.75) is 56.0 Å². The van der Waals surface area contributed by atoms with Crippen molar-refractivity contribution in [3.8, 4) is 0 Å². The number of thioether (sulfide) groups is 1. The smallest absolute Gasteiger partial charge is 0.0476 e. The van der Waals surface area contributed by atoms with Crippen molar-refractivity contribution in [1.82, 2.24) is 10.2 Å². The molecular formula is C18H28N2S. The fourth-order valence-electron chi connectivity index (χ4n) is 3.91. The van der Waals surface area contributed by atoms with E-state index in [4.69, 9.17) is 0 Å². The minimum atomic E-state index is 0.225. The Hall–Kier alpha value is -0.510. The van der Waals surface area contributed by atoms with E-state index in [1.165, 1.54) is 24.8 Å². The number of hydrogen-bond donors (Lipinski definition) is 1. The van der Waals surface area contributed by atoms with Gasteiger partial charge >= 0.3 is 0 Å². The first-order valence-electron chi connectivity index (χ1n) is 8.17. The maximum absolute atomic E-state index is 3.74. The first-order valence-corrected chi connectivity index (χ1v) is 9.46. The topological polar surface area (TPSA) is 15.3 Å². The third-order valence-corrected chi connectivity index (χ3v) is 6.19. The van der Waals surface area contributed by atoms with E-state index in [1.807, 2.05) is 0 Å². The van der Waals surface area contributed by atoms with Gasteiger partial charge in [-0.1, -0.05) is 30.3 Å². The van der Waals surface area contributed by atoms with E-state index in [-0.39, 0.29) is 5.54 Å². The van der Waals surface area contributed by atoms with Crippen LogP contribution in [0.1, 0.15) is 44.7 Å². The van der Waals surface area contributed by atoms with Crippen LogP contribution in [0.15, 0.2) is 30.3 Å². The van der Waals surface area contributed by atoms with Crippen LogP contribution in [-0.2, 0) is 0 Å². The maximum Gasteiger partial charge on any atom is 0.0476 e. The second-order valence-corrected chi connectivity index (χ2v) is 8.33. The zero-order chi connectivity index (χ0) is 14.9. The summed E-state index contributed by atoms with van der Waals surface area (Å²) < 4.78 is 0. The molecule has 2 fully saturated rings. The second-order valence-electron chi connectivity index (χ2n) is 7.19. The molecule has 2 aliphatic rings. The monoisotopic (exact) mass is 304 g/mol. The highest BCUT2D eigenvalue weighted by molar-refractivity contribution is 7.99. The van der Waals surface area contributed by atoms with Crippen LogP contribution >= 0.6 is 11.8 Å². The van der Waals surface area contributed by atoms with Gasteiger partial charge in [-0.05, 0) is 44.9 Å². The molecule has 1 saturated carbocycles. The number of benzene rings is 1. The molecule has 0 bridgehead atoms. The van der Waals surface area contributed by atoms with E-state index in [0.717, 1.165) is 24.4 Å². The van der Waals surface area contributed by atoms with Crippen molar-refractivity contribution in [1.29, 1.82) is 0 Å². The number of nitrogens with zero attached hydrogens (tertiary/aromatic N) is 1. The lowest BCUT2D eigenvalue weighted by Crippen LogP contribution is -2.60. The van der Waals surface area contributed by atoms with Crippen molar-refractivity contribution < 1.29 is 0 Å². The Balaban J connectivity index is 1.81. The van der Waals surface area contributed by atoms with Gasteiger partial charge in [-0.3, -0.25) is 4.90 Å². The quantitative estimate of drug-likeness (QED) is 0.917. The second kappa shape index (κ2) is 6.31. The molecule has 1 N–H and O–H groups in total. The molecule has 0 amide bonds. The Morgan fingerprint density at radius 2 is 1.95 bits per heavy atom. The van der Waals surface area contributed by atoms with Gasteiger partial charge in [0.05, 0.1) is 0 Å². The molecule has 116 valence electrons. The van der Waals surface area contributed by atoms with E-state index in [1.54, 1.807) is 0 Å². The minimum absolute atomic E-state index is 0.225. The van der Waals surface area contributed by atoms with E-state index >= 15 is 0 Å². The molecular weight excluding hydrogens is 276 g/mol. The molecule has 3 atom stereocenters. The molecule has 2 nitrogen and oxygen atoms in total. The Morgan fingerprint density at radius 1 is 1.19 bits per heavy atom. The third-order valence-electron chi connectivity index (χ3n) is 5.10. The third kappa shape index (κ3) is 3.46. The van der Waals surface area contributed by atoms with Gasteiger partial charge in [0.25, 0.3) is 0 Å². The molecule has 1 aliphatic carbocycles. The SMILES string of the molecule is CSC1CCC(N2CC(C)(C)NCC2c2ccccc2)C1. The average Bonchev–Trinajstić information content (AvgIpc) is 2.96. The van der Waals surface area contributed by atoms with Crippen molar-refractivity contribution in [2.75, 3.05) is 19.3 Å². The van der Waals surface area contributed by atoms with Crippen LogP contribution in [0.25, 0.3) is 0 Å².